The van der Waals surface area contributed by atoms with E-state index in [-0.39, 0.29) is 35.5 Å². The van der Waals surface area contributed by atoms with E-state index < -0.39 is 12.1 Å². The first kappa shape index (κ1) is 14.9. The number of nitrogens with one attached hydrogen (secondary N) is 1. The third kappa shape index (κ3) is 6.02. The molecule has 12 heavy (non-hydrogen) atoms. The van der Waals surface area contributed by atoms with Crippen LogP contribution in [-0.4, -0.2) is 59.6 Å². The molecule has 0 aliphatic carbocycles. The summed E-state index contributed by atoms with van der Waals surface area (Å²) in [5.74, 6) is -0.0433. The van der Waals surface area contributed by atoms with E-state index in [0.717, 1.165) is 0 Å². The van der Waals surface area contributed by atoms with Gasteiger partial charge in [-0.3, -0.25) is 4.79 Å². The number of rotatable bonds is 4. The van der Waals surface area contributed by atoms with Crippen LogP contribution in [0.15, 0.2) is 0 Å². The summed E-state index contributed by atoms with van der Waals surface area (Å²) in [6.07, 6.45) is 0.632. The summed E-state index contributed by atoms with van der Waals surface area (Å²) in [4.78, 5) is 21.0. The van der Waals surface area contributed by atoms with Gasteiger partial charge in [0.1, 0.15) is 6.29 Å². The van der Waals surface area contributed by atoms with Crippen molar-refractivity contribution in [1.29, 1.82) is 0 Å². The van der Waals surface area contributed by atoms with E-state index in [1.807, 2.05) is 0 Å². The fraction of sp³-hybridized carbons (Fsp3) is 0.667. The summed E-state index contributed by atoms with van der Waals surface area (Å²) in [6.45, 7) is 1.55. The number of carbonyl (C=O) groups is 2. The Labute approximate surface area is 99.3 Å². The minimum absolute atomic E-state index is 0. The van der Waals surface area contributed by atoms with E-state index in [1.165, 1.54) is 0 Å². The molecule has 0 aliphatic rings. The molecule has 0 aromatic heterocycles. The van der Waals surface area contributed by atoms with Crippen LogP contribution in [0.2, 0.25) is 0 Å². The van der Waals surface area contributed by atoms with E-state index in [9.17, 15) is 9.59 Å². The van der Waals surface area contributed by atoms with Crippen molar-refractivity contribution in [3.63, 3.8) is 0 Å². The SMILES string of the molecule is C[C@H](N)C(=O)N[C@H](C=O)CS.[NaH]. The summed E-state index contributed by atoms with van der Waals surface area (Å²) >= 11 is 3.85. The van der Waals surface area contributed by atoms with E-state index in [0.29, 0.717) is 12.0 Å². The number of hydrogen-bond donors (Lipinski definition) is 3. The zero-order valence-electron chi connectivity index (χ0n) is 6.28. The maximum atomic E-state index is 10.8. The summed E-state index contributed by atoms with van der Waals surface area (Å²) in [5, 5.41) is 2.41. The number of amides is 1. The van der Waals surface area contributed by atoms with Crippen molar-refractivity contribution in [2.45, 2.75) is 19.0 Å². The fourth-order valence-corrected chi connectivity index (χ4v) is 0.614. The molecule has 0 bridgehead atoms. The zero-order chi connectivity index (χ0) is 8.85. The van der Waals surface area contributed by atoms with Crippen molar-refractivity contribution in [3.05, 3.63) is 0 Å². The quantitative estimate of drug-likeness (QED) is 0.288. The first-order valence-corrected chi connectivity index (χ1v) is 3.87. The summed E-state index contributed by atoms with van der Waals surface area (Å²) in [6, 6.07) is -1.12. The Bertz CT molecular complexity index is 154. The molecular weight excluding hydrogens is 187 g/mol. The van der Waals surface area contributed by atoms with Crippen LogP contribution >= 0.6 is 12.6 Å². The van der Waals surface area contributed by atoms with Crippen LogP contribution < -0.4 is 11.1 Å². The molecule has 0 saturated heterocycles. The summed E-state index contributed by atoms with van der Waals surface area (Å²) < 4.78 is 0. The molecule has 0 fully saturated rings. The Hall–Kier alpha value is 0.450. The van der Waals surface area contributed by atoms with E-state index >= 15 is 0 Å². The van der Waals surface area contributed by atoms with Gasteiger partial charge in [-0.1, -0.05) is 0 Å². The Morgan fingerprint density at radius 2 is 2.25 bits per heavy atom. The molecule has 4 nitrogen and oxygen atoms in total. The van der Waals surface area contributed by atoms with Crippen molar-refractivity contribution in [2.75, 3.05) is 5.75 Å². The zero-order valence-corrected chi connectivity index (χ0v) is 7.17. The van der Waals surface area contributed by atoms with Gasteiger partial charge in [-0.25, -0.2) is 0 Å². The number of aldehydes is 1. The Balaban J connectivity index is 0. The van der Waals surface area contributed by atoms with Crippen molar-refractivity contribution >= 4 is 54.4 Å². The van der Waals surface area contributed by atoms with Crippen molar-refractivity contribution in [3.8, 4) is 0 Å². The molecule has 0 unspecified atom stereocenters. The average molecular weight is 200 g/mol. The van der Waals surface area contributed by atoms with Gasteiger partial charge in [-0.15, -0.1) is 0 Å². The van der Waals surface area contributed by atoms with E-state index in [1.54, 1.807) is 6.92 Å². The molecular formula is C6H13N2NaO2S. The van der Waals surface area contributed by atoms with Gasteiger partial charge < -0.3 is 15.8 Å². The monoisotopic (exact) mass is 200 g/mol. The molecule has 1 amide bonds. The van der Waals surface area contributed by atoms with Gasteiger partial charge in [0.25, 0.3) is 0 Å². The Kier molecular flexibility index (Phi) is 10.0. The second-order valence-corrected chi connectivity index (χ2v) is 2.59. The van der Waals surface area contributed by atoms with Crippen LogP contribution in [-0.2, 0) is 9.59 Å². The van der Waals surface area contributed by atoms with Crippen molar-refractivity contribution < 1.29 is 9.59 Å². The molecule has 0 saturated carbocycles. The number of carbonyl (C=O) groups excluding carboxylic acids is 2. The molecule has 0 aromatic carbocycles. The van der Waals surface area contributed by atoms with Gasteiger partial charge in [-0.05, 0) is 6.92 Å². The number of nitrogens with two attached hydrogens (primary N) is 1. The van der Waals surface area contributed by atoms with Gasteiger partial charge >= 0.3 is 29.6 Å². The fourth-order valence-electron chi connectivity index (χ4n) is 0.437. The molecule has 0 spiro atoms. The predicted molar refractivity (Wildman–Crippen MR) is 52.6 cm³/mol. The Morgan fingerprint density at radius 3 is 2.50 bits per heavy atom. The van der Waals surface area contributed by atoms with Crippen LogP contribution in [0, 0.1) is 0 Å². The topological polar surface area (TPSA) is 72.2 Å². The van der Waals surface area contributed by atoms with Crippen LogP contribution in [0.4, 0.5) is 0 Å². The molecule has 2 atom stereocenters. The van der Waals surface area contributed by atoms with Gasteiger partial charge in [-0.2, -0.15) is 12.6 Å². The normalized spacial score (nSPS) is 13.9. The molecule has 0 radical (unpaired) electrons. The molecule has 6 heteroatoms. The van der Waals surface area contributed by atoms with Gasteiger partial charge in [0.2, 0.25) is 5.91 Å². The van der Waals surface area contributed by atoms with Crippen LogP contribution in [0.3, 0.4) is 0 Å². The molecule has 3 N–H and O–H groups in total. The number of hydrogen-bond acceptors (Lipinski definition) is 4. The van der Waals surface area contributed by atoms with Crippen LogP contribution in [0.1, 0.15) is 6.92 Å². The average Bonchev–Trinajstić information content (AvgIpc) is 1.99. The standard InChI is InChI=1S/C6H12N2O2S.Na.H/c1-4(7)6(10)8-5(2-9)3-11;;/h2,4-5,11H,3,7H2,1H3,(H,8,10);;/t4-,5+;;/m0../s1. The Morgan fingerprint density at radius 1 is 1.75 bits per heavy atom. The van der Waals surface area contributed by atoms with E-state index in [4.69, 9.17) is 5.73 Å². The minimum atomic E-state index is -0.586. The van der Waals surface area contributed by atoms with Gasteiger partial charge in [0.15, 0.2) is 0 Å². The second-order valence-electron chi connectivity index (χ2n) is 2.22. The van der Waals surface area contributed by atoms with Crippen LogP contribution in [0.25, 0.3) is 0 Å². The van der Waals surface area contributed by atoms with Crippen molar-refractivity contribution in [2.24, 2.45) is 5.73 Å². The van der Waals surface area contributed by atoms with E-state index in [2.05, 4.69) is 17.9 Å². The predicted octanol–water partition coefficient (Wildman–Crippen LogP) is -1.70. The van der Waals surface area contributed by atoms with Gasteiger partial charge in [0, 0.05) is 5.75 Å². The molecule has 0 rings (SSSR count). The third-order valence-corrected chi connectivity index (χ3v) is 1.50. The van der Waals surface area contributed by atoms with Crippen LogP contribution in [0.5, 0.6) is 0 Å². The number of thiol groups is 1. The molecule has 0 heterocycles. The third-order valence-electron chi connectivity index (χ3n) is 1.10. The molecule has 0 aromatic rings. The maximum absolute atomic E-state index is 10.8. The van der Waals surface area contributed by atoms with Crippen molar-refractivity contribution in [1.82, 2.24) is 5.32 Å². The summed E-state index contributed by atoms with van der Waals surface area (Å²) in [5.41, 5.74) is 5.24. The molecule has 0 aliphatic heterocycles. The summed E-state index contributed by atoms with van der Waals surface area (Å²) in [7, 11) is 0. The first-order chi connectivity index (χ1) is 5.11. The van der Waals surface area contributed by atoms with Gasteiger partial charge in [0.05, 0.1) is 12.1 Å². The molecule has 66 valence electrons. The first-order valence-electron chi connectivity index (χ1n) is 3.24. The second kappa shape index (κ2) is 8.07.